The Labute approximate surface area is 152 Å². The molecule has 0 bridgehead atoms. The molecule has 3 rings (SSSR count). The van der Waals surface area contributed by atoms with E-state index >= 15 is 0 Å². The van der Waals surface area contributed by atoms with Gasteiger partial charge in [-0.3, -0.25) is 4.90 Å². The number of benzene rings is 1. The maximum absolute atomic E-state index is 9.71. The summed E-state index contributed by atoms with van der Waals surface area (Å²) in [7, 11) is 0. The van der Waals surface area contributed by atoms with Gasteiger partial charge in [-0.05, 0) is 61.7 Å². The standard InChI is InChI=1S/C19H23N5O2/c20-23-16(12-22-19-18(26)5-2-8-21-19)13-24-9-6-14(7-10-24)15-3-1-4-17(25)11-15/h1-5,8,11-12,14,20,25-26H,6-7,9-10,13H2,(H,21,22)/b16-12-,23-20?. The number of nitrogens with one attached hydrogen (secondary N) is 2. The van der Waals surface area contributed by atoms with Crippen LogP contribution >= 0.6 is 0 Å². The van der Waals surface area contributed by atoms with Crippen LogP contribution in [0.15, 0.2) is 59.6 Å². The molecule has 0 aliphatic carbocycles. The number of piperidine rings is 1. The van der Waals surface area contributed by atoms with Gasteiger partial charge in [-0.25, -0.2) is 10.5 Å². The summed E-state index contributed by atoms with van der Waals surface area (Å²) in [5, 5.41) is 25.8. The molecule has 1 aliphatic rings. The largest absolute Gasteiger partial charge is 0.508 e. The fourth-order valence-corrected chi connectivity index (χ4v) is 3.21. The fourth-order valence-electron chi connectivity index (χ4n) is 3.21. The number of phenols is 1. The van der Waals surface area contributed by atoms with Gasteiger partial charge >= 0.3 is 0 Å². The molecule has 7 nitrogen and oxygen atoms in total. The van der Waals surface area contributed by atoms with E-state index in [2.05, 4.69) is 26.4 Å². The molecular formula is C19H23N5O2. The monoisotopic (exact) mass is 353 g/mol. The highest BCUT2D eigenvalue weighted by Gasteiger charge is 2.21. The second-order valence-electron chi connectivity index (χ2n) is 6.41. The van der Waals surface area contributed by atoms with E-state index in [0.29, 0.717) is 29.7 Å². The minimum Gasteiger partial charge on any atom is -0.508 e. The molecule has 2 aromatic rings. The summed E-state index contributed by atoms with van der Waals surface area (Å²) in [6.45, 7) is 2.38. The van der Waals surface area contributed by atoms with Crippen molar-refractivity contribution < 1.29 is 10.2 Å². The minimum atomic E-state index is 0.0556. The van der Waals surface area contributed by atoms with E-state index in [0.717, 1.165) is 25.9 Å². The van der Waals surface area contributed by atoms with E-state index in [1.165, 1.54) is 5.56 Å². The third-order valence-corrected chi connectivity index (χ3v) is 4.62. The second kappa shape index (κ2) is 8.44. The van der Waals surface area contributed by atoms with Gasteiger partial charge in [-0.1, -0.05) is 12.1 Å². The number of anilines is 1. The molecule has 1 fully saturated rings. The van der Waals surface area contributed by atoms with E-state index in [9.17, 15) is 10.2 Å². The van der Waals surface area contributed by atoms with Crippen molar-refractivity contribution >= 4 is 5.82 Å². The van der Waals surface area contributed by atoms with Crippen LogP contribution in [0.2, 0.25) is 0 Å². The van der Waals surface area contributed by atoms with E-state index in [4.69, 9.17) is 5.53 Å². The summed E-state index contributed by atoms with van der Waals surface area (Å²) in [5.74, 6) is 1.16. The molecule has 1 saturated heterocycles. The minimum absolute atomic E-state index is 0.0556. The molecule has 1 aromatic carbocycles. The molecule has 26 heavy (non-hydrogen) atoms. The maximum Gasteiger partial charge on any atom is 0.172 e. The van der Waals surface area contributed by atoms with Crippen LogP contribution in [0, 0.1) is 5.53 Å². The molecule has 1 aliphatic heterocycles. The summed E-state index contributed by atoms with van der Waals surface area (Å²) in [5.41, 5.74) is 9.13. The van der Waals surface area contributed by atoms with Crippen molar-refractivity contribution in [2.45, 2.75) is 18.8 Å². The maximum atomic E-state index is 9.71. The first-order chi connectivity index (χ1) is 12.7. The van der Waals surface area contributed by atoms with Crippen LogP contribution < -0.4 is 5.32 Å². The number of hydrogen-bond acceptors (Lipinski definition) is 7. The predicted molar refractivity (Wildman–Crippen MR) is 99.3 cm³/mol. The molecule has 0 unspecified atom stereocenters. The molecule has 0 saturated carbocycles. The molecule has 0 spiro atoms. The Balaban J connectivity index is 1.55. The van der Waals surface area contributed by atoms with Crippen molar-refractivity contribution in [3.63, 3.8) is 0 Å². The van der Waals surface area contributed by atoms with Gasteiger partial charge < -0.3 is 15.5 Å². The van der Waals surface area contributed by atoms with E-state index in [1.807, 2.05) is 12.1 Å². The Bertz CT molecular complexity index is 785. The third kappa shape index (κ3) is 4.58. The average molecular weight is 353 g/mol. The molecule has 0 amide bonds. The third-order valence-electron chi connectivity index (χ3n) is 4.62. The number of pyridine rings is 1. The van der Waals surface area contributed by atoms with Crippen molar-refractivity contribution in [1.29, 1.82) is 5.53 Å². The summed E-state index contributed by atoms with van der Waals surface area (Å²) >= 11 is 0. The van der Waals surface area contributed by atoms with Crippen molar-refractivity contribution in [2.75, 3.05) is 25.0 Å². The number of aromatic nitrogens is 1. The number of nitrogens with zero attached hydrogens (tertiary/aromatic N) is 3. The zero-order valence-corrected chi connectivity index (χ0v) is 14.5. The van der Waals surface area contributed by atoms with Crippen LogP contribution in [0.5, 0.6) is 11.5 Å². The molecule has 4 N–H and O–H groups in total. The van der Waals surface area contributed by atoms with E-state index < -0.39 is 0 Å². The van der Waals surface area contributed by atoms with Crippen LogP contribution in [0.4, 0.5) is 5.82 Å². The highest BCUT2D eigenvalue weighted by molar-refractivity contribution is 5.50. The van der Waals surface area contributed by atoms with Gasteiger partial charge in [0.25, 0.3) is 0 Å². The first-order valence-corrected chi connectivity index (χ1v) is 8.64. The summed E-state index contributed by atoms with van der Waals surface area (Å²) in [6, 6.07) is 10.7. The van der Waals surface area contributed by atoms with Gasteiger partial charge in [-0.2, -0.15) is 5.11 Å². The van der Waals surface area contributed by atoms with Crippen molar-refractivity contribution in [1.82, 2.24) is 9.88 Å². The van der Waals surface area contributed by atoms with Crippen LogP contribution in [0.3, 0.4) is 0 Å². The number of aromatic hydroxyl groups is 2. The van der Waals surface area contributed by atoms with Crippen molar-refractivity contribution in [3.8, 4) is 11.5 Å². The highest BCUT2D eigenvalue weighted by atomic mass is 16.3. The normalized spacial score (nSPS) is 16.4. The molecule has 7 heteroatoms. The lowest BCUT2D eigenvalue weighted by atomic mass is 9.89. The molecule has 1 aromatic heterocycles. The van der Waals surface area contributed by atoms with E-state index in [-0.39, 0.29) is 5.75 Å². The van der Waals surface area contributed by atoms with Gasteiger partial charge in [0.05, 0.1) is 5.70 Å². The van der Waals surface area contributed by atoms with Gasteiger partial charge in [0.1, 0.15) is 5.75 Å². The molecule has 136 valence electrons. The molecule has 0 radical (unpaired) electrons. The number of hydrogen-bond donors (Lipinski definition) is 4. The summed E-state index contributed by atoms with van der Waals surface area (Å²) < 4.78 is 0. The fraction of sp³-hybridized carbons (Fsp3) is 0.316. The molecule has 2 heterocycles. The summed E-state index contributed by atoms with van der Waals surface area (Å²) in [6.07, 6.45) is 5.20. The van der Waals surface area contributed by atoms with Crippen molar-refractivity contribution in [3.05, 3.63) is 60.1 Å². The van der Waals surface area contributed by atoms with Crippen molar-refractivity contribution in [2.24, 2.45) is 5.11 Å². The lowest BCUT2D eigenvalue weighted by Crippen LogP contribution is -2.34. The number of rotatable bonds is 6. The first kappa shape index (κ1) is 17.9. The average Bonchev–Trinajstić information content (AvgIpc) is 2.67. The molecular weight excluding hydrogens is 330 g/mol. The van der Waals surface area contributed by atoms with Crippen LogP contribution in [0.25, 0.3) is 0 Å². The number of phenolic OH excluding ortho intramolecular Hbond substituents is 1. The van der Waals surface area contributed by atoms with Gasteiger partial charge in [0.15, 0.2) is 11.6 Å². The van der Waals surface area contributed by atoms with Gasteiger partial charge in [0, 0.05) is 18.9 Å². The topological polar surface area (TPSA) is 105 Å². The highest BCUT2D eigenvalue weighted by Crippen LogP contribution is 2.30. The lowest BCUT2D eigenvalue weighted by Gasteiger charge is -2.32. The molecule has 0 atom stereocenters. The van der Waals surface area contributed by atoms with Crippen LogP contribution in [-0.4, -0.2) is 39.7 Å². The predicted octanol–water partition coefficient (Wildman–Crippen LogP) is 3.66. The van der Waals surface area contributed by atoms with Crippen LogP contribution in [0.1, 0.15) is 24.3 Å². The Morgan fingerprint density at radius 1 is 1.27 bits per heavy atom. The Hall–Kier alpha value is -2.93. The zero-order chi connectivity index (χ0) is 18.4. The Morgan fingerprint density at radius 2 is 2.08 bits per heavy atom. The van der Waals surface area contributed by atoms with Crippen LogP contribution in [-0.2, 0) is 0 Å². The first-order valence-electron chi connectivity index (χ1n) is 8.64. The Kier molecular flexibility index (Phi) is 5.80. The summed E-state index contributed by atoms with van der Waals surface area (Å²) in [4.78, 5) is 6.29. The van der Waals surface area contributed by atoms with Gasteiger partial charge in [0.2, 0.25) is 0 Å². The van der Waals surface area contributed by atoms with E-state index in [1.54, 1.807) is 30.6 Å². The zero-order valence-electron chi connectivity index (χ0n) is 14.5. The lowest BCUT2D eigenvalue weighted by molar-refractivity contribution is 0.227. The van der Waals surface area contributed by atoms with Gasteiger partial charge in [-0.15, -0.1) is 0 Å². The quantitative estimate of drug-likeness (QED) is 0.593. The SMILES string of the molecule is N=N/C(=C\Nc1ncccc1O)CN1CCC(c2cccc(O)c2)CC1. The number of likely N-dealkylation sites (tertiary alicyclic amines) is 1. The smallest absolute Gasteiger partial charge is 0.172 e. The second-order valence-corrected chi connectivity index (χ2v) is 6.41. The Morgan fingerprint density at radius 3 is 2.77 bits per heavy atom.